The Balaban J connectivity index is 2.48. The van der Waals surface area contributed by atoms with Crippen molar-refractivity contribution in [1.29, 1.82) is 5.26 Å². The molecule has 0 radical (unpaired) electrons. The van der Waals surface area contributed by atoms with Gasteiger partial charge in [0.25, 0.3) is 0 Å². The van der Waals surface area contributed by atoms with Crippen molar-refractivity contribution >= 4 is 5.91 Å². The highest BCUT2D eigenvalue weighted by atomic mass is 16.5. The molecule has 0 aromatic rings. The summed E-state index contributed by atoms with van der Waals surface area (Å²) in [7, 11) is 1.64. The van der Waals surface area contributed by atoms with Gasteiger partial charge in [-0.05, 0) is 25.2 Å². The highest BCUT2D eigenvalue weighted by Crippen LogP contribution is 2.18. The number of nitriles is 1. The van der Waals surface area contributed by atoms with Gasteiger partial charge in [-0.15, -0.1) is 0 Å². The van der Waals surface area contributed by atoms with Gasteiger partial charge in [-0.3, -0.25) is 4.79 Å². The van der Waals surface area contributed by atoms with E-state index in [9.17, 15) is 4.79 Å². The summed E-state index contributed by atoms with van der Waals surface area (Å²) in [5.41, 5.74) is 0. The number of amides is 1. The van der Waals surface area contributed by atoms with Gasteiger partial charge in [-0.25, -0.2) is 0 Å². The van der Waals surface area contributed by atoms with E-state index in [1.165, 1.54) is 0 Å². The first-order valence-corrected chi connectivity index (χ1v) is 5.87. The largest absolute Gasteiger partial charge is 0.384 e. The smallest absolute Gasteiger partial charge is 0.223 e. The quantitative estimate of drug-likeness (QED) is 0.728. The van der Waals surface area contributed by atoms with Crippen LogP contribution < -0.4 is 0 Å². The third-order valence-corrected chi connectivity index (χ3v) is 2.95. The zero-order chi connectivity index (χ0) is 12.0. The fourth-order valence-electron chi connectivity index (χ4n) is 2.12. The second kappa shape index (κ2) is 6.49. The van der Waals surface area contributed by atoms with Crippen LogP contribution in [0.25, 0.3) is 0 Å². The van der Waals surface area contributed by atoms with E-state index in [2.05, 4.69) is 6.07 Å². The summed E-state index contributed by atoms with van der Waals surface area (Å²) in [6.07, 6.45) is 3.37. The zero-order valence-corrected chi connectivity index (χ0v) is 10.1. The summed E-state index contributed by atoms with van der Waals surface area (Å²) in [4.78, 5) is 13.7. The van der Waals surface area contributed by atoms with Crippen molar-refractivity contribution in [2.45, 2.75) is 38.6 Å². The molecule has 0 N–H and O–H groups in total. The van der Waals surface area contributed by atoms with E-state index >= 15 is 0 Å². The standard InChI is InChI=1S/C12H20N2O2/c1-10(9-16-2)7-12(15)14-6-4-3-5-11(14)8-13/h10-11H,3-7,9H2,1-2H3. The van der Waals surface area contributed by atoms with Gasteiger partial charge in [0.1, 0.15) is 6.04 Å². The molecule has 16 heavy (non-hydrogen) atoms. The van der Waals surface area contributed by atoms with Crippen molar-refractivity contribution in [3.8, 4) is 6.07 Å². The Labute approximate surface area is 97.2 Å². The summed E-state index contributed by atoms with van der Waals surface area (Å²) in [6.45, 7) is 3.32. The minimum atomic E-state index is -0.212. The number of likely N-dealkylation sites (tertiary alicyclic amines) is 1. The Morgan fingerprint density at radius 2 is 2.38 bits per heavy atom. The highest BCUT2D eigenvalue weighted by Gasteiger charge is 2.26. The molecule has 2 atom stereocenters. The summed E-state index contributed by atoms with van der Waals surface area (Å²) < 4.78 is 5.01. The molecule has 1 amide bonds. The fourth-order valence-corrected chi connectivity index (χ4v) is 2.12. The molecule has 4 nitrogen and oxygen atoms in total. The summed E-state index contributed by atoms with van der Waals surface area (Å²) in [6, 6.07) is 2.00. The van der Waals surface area contributed by atoms with Crippen molar-refractivity contribution in [2.75, 3.05) is 20.3 Å². The van der Waals surface area contributed by atoms with Crippen LogP contribution in [0.3, 0.4) is 0 Å². The molecule has 1 heterocycles. The van der Waals surface area contributed by atoms with Crippen molar-refractivity contribution in [1.82, 2.24) is 4.90 Å². The minimum absolute atomic E-state index is 0.0933. The number of nitrogens with zero attached hydrogens (tertiary/aromatic N) is 2. The molecule has 1 saturated heterocycles. The molecule has 4 heteroatoms. The van der Waals surface area contributed by atoms with Crippen LogP contribution in [0.15, 0.2) is 0 Å². The van der Waals surface area contributed by atoms with Gasteiger partial charge in [-0.2, -0.15) is 5.26 Å². The summed E-state index contributed by atoms with van der Waals surface area (Å²) in [5, 5.41) is 8.98. The van der Waals surface area contributed by atoms with Gasteiger partial charge < -0.3 is 9.64 Å². The number of carbonyl (C=O) groups excluding carboxylic acids is 1. The Bertz CT molecular complexity index is 273. The lowest BCUT2D eigenvalue weighted by Crippen LogP contribution is -2.43. The van der Waals surface area contributed by atoms with Crippen molar-refractivity contribution in [2.24, 2.45) is 5.92 Å². The first kappa shape index (κ1) is 13.0. The van der Waals surface area contributed by atoms with Gasteiger partial charge in [0, 0.05) is 26.7 Å². The maximum atomic E-state index is 12.0. The normalized spacial score (nSPS) is 22.6. The molecule has 1 rings (SSSR count). The zero-order valence-electron chi connectivity index (χ0n) is 10.1. The first-order valence-electron chi connectivity index (χ1n) is 5.87. The topological polar surface area (TPSA) is 53.3 Å². The third-order valence-electron chi connectivity index (χ3n) is 2.95. The number of ether oxygens (including phenoxy) is 1. The molecule has 0 spiro atoms. The number of carbonyl (C=O) groups is 1. The number of piperidine rings is 1. The third kappa shape index (κ3) is 3.49. The van der Waals surface area contributed by atoms with Crippen molar-refractivity contribution < 1.29 is 9.53 Å². The summed E-state index contributed by atoms with van der Waals surface area (Å²) in [5.74, 6) is 0.314. The SMILES string of the molecule is COCC(C)CC(=O)N1CCCCC1C#N. The van der Waals surface area contributed by atoms with Crippen LogP contribution in [-0.2, 0) is 9.53 Å². The van der Waals surface area contributed by atoms with Gasteiger partial charge in [0.15, 0.2) is 0 Å². The predicted molar refractivity (Wildman–Crippen MR) is 60.6 cm³/mol. The number of hydrogen-bond donors (Lipinski definition) is 0. The predicted octanol–water partition coefficient (Wildman–Crippen LogP) is 1.56. The molecular formula is C12H20N2O2. The second-order valence-electron chi connectivity index (χ2n) is 4.49. The van der Waals surface area contributed by atoms with E-state index in [0.29, 0.717) is 13.0 Å². The lowest BCUT2D eigenvalue weighted by molar-refractivity contribution is -0.134. The minimum Gasteiger partial charge on any atom is -0.384 e. The molecular weight excluding hydrogens is 204 g/mol. The van der Waals surface area contributed by atoms with E-state index in [-0.39, 0.29) is 17.9 Å². The van der Waals surface area contributed by atoms with E-state index in [1.807, 2.05) is 6.92 Å². The molecule has 1 fully saturated rings. The van der Waals surface area contributed by atoms with E-state index in [1.54, 1.807) is 12.0 Å². The van der Waals surface area contributed by atoms with Gasteiger partial charge >= 0.3 is 0 Å². The average molecular weight is 224 g/mol. The van der Waals surface area contributed by atoms with Gasteiger partial charge in [-0.1, -0.05) is 6.92 Å². The maximum absolute atomic E-state index is 12.0. The fraction of sp³-hybridized carbons (Fsp3) is 0.833. The van der Waals surface area contributed by atoms with E-state index < -0.39 is 0 Å². The Morgan fingerprint density at radius 1 is 1.62 bits per heavy atom. The monoisotopic (exact) mass is 224 g/mol. The molecule has 90 valence electrons. The molecule has 0 bridgehead atoms. The Hall–Kier alpha value is -1.08. The molecule has 0 aromatic carbocycles. The van der Waals surface area contributed by atoms with Crippen LogP contribution in [0.2, 0.25) is 0 Å². The van der Waals surface area contributed by atoms with E-state index in [4.69, 9.17) is 10.00 Å². The Morgan fingerprint density at radius 3 is 3.00 bits per heavy atom. The molecule has 0 aromatic heterocycles. The lowest BCUT2D eigenvalue weighted by atomic mass is 10.0. The van der Waals surface area contributed by atoms with Crippen LogP contribution in [-0.4, -0.2) is 37.1 Å². The van der Waals surface area contributed by atoms with Crippen LogP contribution in [0.5, 0.6) is 0 Å². The lowest BCUT2D eigenvalue weighted by Gasteiger charge is -2.32. The second-order valence-corrected chi connectivity index (χ2v) is 4.49. The average Bonchev–Trinajstić information content (AvgIpc) is 2.29. The highest BCUT2D eigenvalue weighted by molar-refractivity contribution is 5.77. The number of methoxy groups -OCH3 is 1. The molecule has 1 aliphatic rings. The number of rotatable bonds is 4. The van der Waals surface area contributed by atoms with Gasteiger partial charge in [0.05, 0.1) is 6.07 Å². The summed E-state index contributed by atoms with van der Waals surface area (Å²) >= 11 is 0. The molecule has 0 saturated carbocycles. The van der Waals surface area contributed by atoms with Crippen molar-refractivity contribution in [3.63, 3.8) is 0 Å². The van der Waals surface area contributed by atoms with Crippen LogP contribution in [0.4, 0.5) is 0 Å². The van der Waals surface area contributed by atoms with Crippen LogP contribution in [0, 0.1) is 17.2 Å². The van der Waals surface area contributed by atoms with Crippen molar-refractivity contribution in [3.05, 3.63) is 0 Å². The maximum Gasteiger partial charge on any atom is 0.223 e. The van der Waals surface area contributed by atoms with E-state index in [0.717, 1.165) is 25.8 Å². The molecule has 0 aliphatic carbocycles. The Kier molecular flexibility index (Phi) is 5.27. The van der Waals surface area contributed by atoms with Crippen LogP contribution >= 0.6 is 0 Å². The first-order chi connectivity index (χ1) is 7.69. The van der Waals surface area contributed by atoms with Gasteiger partial charge in [0.2, 0.25) is 5.91 Å². The van der Waals surface area contributed by atoms with Crippen LogP contribution in [0.1, 0.15) is 32.6 Å². The number of hydrogen-bond acceptors (Lipinski definition) is 3. The molecule has 2 unspecified atom stereocenters. The molecule has 1 aliphatic heterocycles.